The van der Waals surface area contributed by atoms with Crippen LogP contribution in [0.25, 0.3) is 11.3 Å². The Kier molecular flexibility index (Phi) is 2.21. The van der Waals surface area contributed by atoms with Gasteiger partial charge in [-0.25, -0.2) is 9.97 Å². The molecule has 76 valence electrons. The number of hydrogen-bond donors (Lipinski definition) is 2. The molecule has 0 amide bonds. The van der Waals surface area contributed by atoms with Crippen molar-refractivity contribution in [1.82, 2.24) is 9.97 Å². The first-order valence-corrected chi connectivity index (χ1v) is 4.31. The number of rotatable bonds is 1. The molecular formula is C10H9FN4. The van der Waals surface area contributed by atoms with E-state index in [1.807, 2.05) is 0 Å². The zero-order chi connectivity index (χ0) is 10.8. The molecule has 2 rings (SSSR count). The molecule has 2 heterocycles. The Labute approximate surface area is 85.8 Å². The highest BCUT2D eigenvalue weighted by Gasteiger charge is 2.03. The molecule has 2 aromatic rings. The Morgan fingerprint density at radius 2 is 1.80 bits per heavy atom. The molecule has 0 aliphatic rings. The molecule has 0 radical (unpaired) electrons. The lowest BCUT2D eigenvalue weighted by Gasteiger charge is -2.02. The van der Waals surface area contributed by atoms with Crippen molar-refractivity contribution in [2.45, 2.75) is 0 Å². The first kappa shape index (κ1) is 9.39. The predicted octanol–water partition coefficient (Wildman–Crippen LogP) is 1.45. The van der Waals surface area contributed by atoms with Crippen LogP contribution in [0.2, 0.25) is 0 Å². The number of nitrogens with two attached hydrogens (primary N) is 2. The molecule has 0 aromatic carbocycles. The second kappa shape index (κ2) is 3.53. The van der Waals surface area contributed by atoms with E-state index < -0.39 is 5.95 Å². The third-order valence-electron chi connectivity index (χ3n) is 1.88. The van der Waals surface area contributed by atoms with E-state index in [9.17, 15) is 4.39 Å². The Bertz CT molecular complexity index is 478. The smallest absolute Gasteiger partial charge is 0.215 e. The van der Waals surface area contributed by atoms with Gasteiger partial charge < -0.3 is 11.5 Å². The van der Waals surface area contributed by atoms with E-state index in [1.165, 1.54) is 6.07 Å². The van der Waals surface area contributed by atoms with Gasteiger partial charge in [-0.3, -0.25) is 0 Å². The summed E-state index contributed by atoms with van der Waals surface area (Å²) in [6.45, 7) is 0. The first-order chi connectivity index (χ1) is 7.15. The summed E-state index contributed by atoms with van der Waals surface area (Å²) in [5, 5.41) is 0. The van der Waals surface area contributed by atoms with Crippen LogP contribution >= 0.6 is 0 Å². The summed E-state index contributed by atoms with van der Waals surface area (Å²) in [6, 6.07) is 7.93. The van der Waals surface area contributed by atoms with Crippen molar-refractivity contribution in [2.75, 3.05) is 11.5 Å². The fourth-order valence-corrected chi connectivity index (χ4v) is 1.28. The predicted molar refractivity (Wildman–Crippen MR) is 56.3 cm³/mol. The van der Waals surface area contributed by atoms with Gasteiger partial charge in [-0.1, -0.05) is 6.07 Å². The minimum Gasteiger partial charge on any atom is -0.384 e. The Morgan fingerprint density at radius 1 is 1.00 bits per heavy atom. The number of nitrogen functional groups attached to an aromatic ring is 2. The summed E-state index contributed by atoms with van der Waals surface area (Å²) in [6.07, 6.45) is 0. The van der Waals surface area contributed by atoms with E-state index in [0.29, 0.717) is 17.1 Å². The van der Waals surface area contributed by atoms with Crippen molar-refractivity contribution < 1.29 is 4.39 Å². The molecule has 2 aromatic heterocycles. The highest BCUT2D eigenvalue weighted by atomic mass is 19.1. The SMILES string of the molecule is Nc1cc(-c2cccc(N)n2)cc(F)n1. The molecule has 0 bridgehead atoms. The summed E-state index contributed by atoms with van der Waals surface area (Å²) in [7, 11) is 0. The van der Waals surface area contributed by atoms with E-state index in [0.717, 1.165) is 0 Å². The summed E-state index contributed by atoms with van der Waals surface area (Å²) in [4.78, 5) is 7.49. The molecule has 0 atom stereocenters. The molecule has 0 saturated heterocycles. The Balaban J connectivity index is 2.54. The maximum atomic E-state index is 13.0. The van der Waals surface area contributed by atoms with Gasteiger partial charge in [0.1, 0.15) is 11.6 Å². The zero-order valence-electron chi connectivity index (χ0n) is 7.81. The van der Waals surface area contributed by atoms with Gasteiger partial charge in [0, 0.05) is 11.6 Å². The average Bonchev–Trinajstić information content (AvgIpc) is 2.16. The molecule has 0 aliphatic heterocycles. The zero-order valence-corrected chi connectivity index (χ0v) is 7.81. The normalized spacial score (nSPS) is 10.2. The molecule has 5 heteroatoms. The largest absolute Gasteiger partial charge is 0.384 e. The number of pyridine rings is 2. The van der Waals surface area contributed by atoms with E-state index in [-0.39, 0.29) is 5.82 Å². The maximum Gasteiger partial charge on any atom is 0.215 e. The Morgan fingerprint density at radius 3 is 2.47 bits per heavy atom. The van der Waals surface area contributed by atoms with E-state index >= 15 is 0 Å². The van der Waals surface area contributed by atoms with Crippen molar-refractivity contribution in [2.24, 2.45) is 0 Å². The first-order valence-electron chi connectivity index (χ1n) is 4.31. The maximum absolute atomic E-state index is 13.0. The highest BCUT2D eigenvalue weighted by Crippen LogP contribution is 2.20. The van der Waals surface area contributed by atoms with Crippen LogP contribution in [0.1, 0.15) is 0 Å². The van der Waals surface area contributed by atoms with Crippen molar-refractivity contribution in [3.8, 4) is 11.3 Å². The molecule has 0 saturated carbocycles. The summed E-state index contributed by atoms with van der Waals surface area (Å²) in [5.41, 5.74) is 12.1. The molecule has 0 spiro atoms. The van der Waals surface area contributed by atoms with Crippen LogP contribution in [0.5, 0.6) is 0 Å². The van der Waals surface area contributed by atoms with Crippen LogP contribution in [0, 0.1) is 5.95 Å². The van der Waals surface area contributed by atoms with Crippen LogP contribution in [0.4, 0.5) is 16.0 Å². The van der Waals surface area contributed by atoms with Crippen LogP contribution in [-0.4, -0.2) is 9.97 Å². The standard InChI is InChI=1S/C10H9FN4/c11-8-4-6(5-10(13)15-8)7-2-1-3-9(12)14-7/h1-5H,(H2,12,14)(H2,13,15). The van der Waals surface area contributed by atoms with E-state index in [4.69, 9.17) is 11.5 Å². The van der Waals surface area contributed by atoms with Crippen molar-refractivity contribution >= 4 is 11.6 Å². The Hall–Kier alpha value is -2.17. The monoisotopic (exact) mass is 204 g/mol. The van der Waals surface area contributed by atoms with Gasteiger partial charge in [0.05, 0.1) is 5.69 Å². The lowest BCUT2D eigenvalue weighted by Crippen LogP contribution is -1.96. The number of halogens is 1. The topological polar surface area (TPSA) is 77.8 Å². The van der Waals surface area contributed by atoms with Gasteiger partial charge in [-0.15, -0.1) is 0 Å². The summed E-state index contributed by atoms with van der Waals surface area (Å²) < 4.78 is 13.0. The molecule has 0 aliphatic carbocycles. The van der Waals surface area contributed by atoms with Crippen molar-refractivity contribution in [3.63, 3.8) is 0 Å². The molecular weight excluding hydrogens is 195 g/mol. The molecule has 4 N–H and O–H groups in total. The van der Waals surface area contributed by atoms with Crippen molar-refractivity contribution in [1.29, 1.82) is 0 Å². The van der Waals surface area contributed by atoms with E-state index in [1.54, 1.807) is 24.3 Å². The van der Waals surface area contributed by atoms with Crippen LogP contribution in [0.3, 0.4) is 0 Å². The van der Waals surface area contributed by atoms with E-state index in [2.05, 4.69) is 9.97 Å². The minimum absolute atomic E-state index is 0.120. The van der Waals surface area contributed by atoms with Crippen LogP contribution < -0.4 is 11.5 Å². The summed E-state index contributed by atoms with van der Waals surface area (Å²) >= 11 is 0. The quantitative estimate of drug-likeness (QED) is 0.689. The second-order valence-corrected chi connectivity index (χ2v) is 3.05. The van der Waals surface area contributed by atoms with Crippen LogP contribution in [-0.2, 0) is 0 Å². The van der Waals surface area contributed by atoms with Gasteiger partial charge in [0.25, 0.3) is 0 Å². The van der Waals surface area contributed by atoms with Gasteiger partial charge >= 0.3 is 0 Å². The van der Waals surface area contributed by atoms with Gasteiger partial charge in [0.2, 0.25) is 5.95 Å². The fraction of sp³-hybridized carbons (Fsp3) is 0. The fourth-order valence-electron chi connectivity index (χ4n) is 1.28. The molecule has 0 fully saturated rings. The second-order valence-electron chi connectivity index (χ2n) is 3.05. The molecule has 0 unspecified atom stereocenters. The lowest BCUT2D eigenvalue weighted by atomic mass is 10.2. The minimum atomic E-state index is -0.630. The average molecular weight is 204 g/mol. The van der Waals surface area contributed by atoms with Crippen molar-refractivity contribution in [3.05, 3.63) is 36.3 Å². The molecule has 15 heavy (non-hydrogen) atoms. The number of anilines is 2. The number of hydrogen-bond acceptors (Lipinski definition) is 4. The lowest BCUT2D eigenvalue weighted by molar-refractivity contribution is 0.586. The van der Waals surface area contributed by atoms with Gasteiger partial charge in [-0.05, 0) is 18.2 Å². The molecule has 4 nitrogen and oxygen atoms in total. The van der Waals surface area contributed by atoms with Gasteiger partial charge in [-0.2, -0.15) is 4.39 Å². The van der Waals surface area contributed by atoms with Crippen LogP contribution in [0.15, 0.2) is 30.3 Å². The number of aromatic nitrogens is 2. The van der Waals surface area contributed by atoms with Gasteiger partial charge in [0.15, 0.2) is 0 Å². The third-order valence-corrected chi connectivity index (χ3v) is 1.88. The summed E-state index contributed by atoms with van der Waals surface area (Å²) in [5.74, 6) is -0.133. The third kappa shape index (κ3) is 2.01. The highest BCUT2D eigenvalue weighted by molar-refractivity contribution is 5.63. The number of nitrogens with zero attached hydrogens (tertiary/aromatic N) is 2.